The molecule has 0 amide bonds. The maximum absolute atomic E-state index is 4.64. The number of anilines is 1. The Kier molecular flexibility index (Phi) is 3.66. The van der Waals surface area contributed by atoms with Crippen molar-refractivity contribution in [3.63, 3.8) is 0 Å². The molecular weight excluding hydrogens is 272 g/mol. The first kappa shape index (κ1) is 13.8. The second-order valence-electron chi connectivity index (χ2n) is 5.66. The van der Waals surface area contributed by atoms with E-state index in [1.165, 1.54) is 4.70 Å². The molecule has 0 spiro atoms. The van der Waals surface area contributed by atoms with E-state index in [1.807, 2.05) is 18.7 Å². The van der Waals surface area contributed by atoms with Crippen LogP contribution in [0.5, 0.6) is 0 Å². The van der Waals surface area contributed by atoms with E-state index in [0.29, 0.717) is 6.04 Å². The van der Waals surface area contributed by atoms with Gasteiger partial charge in [-0.1, -0.05) is 11.3 Å². The molecule has 1 aliphatic heterocycles. The summed E-state index contributed by atoms with van der Waals surface area (Å²) in [6.07, 6.45) is 0. The van der Waals surface area contributed by atoms with Crippen molar-refractivity contribution < 1.29 is 0 Å². The summed E-state index contributed by atoms with van der Waals surface area (Å²) in [6, 6.07) is 0.542. The van der Waals surface area contributed by atoms with Gasteiger partial charge in [-0.2, -0.15) is 5.10 Å². The highest BCUT2D eigenvalue weighted by atomic mass is 32.1. The molecule has 6 nitrogen and oxygen atoms in total. The van der Waals surface area contributed by atoms with Crippen LogP contribution in [0.15, 0.2) is 0 Å². The summed E-state index contributed by atoms with van der Waals surface area (Å²) in [6.45, 7) is 6.36. The molecule has 1 atom stereocenters. The van der Waals surface area contributed by atoms with Crippen molar-refractivity contribution in [3.8, 4) is 0 Å². The third-order valence-corrected chi connectivity index (χ3v) is 5.12. The van der Waals surface area contributed by atoms with Crippen molar-refractivity contribution in [1.29, 1.82) is 0 Å². The van der Waals surface area contributed by atoms with E-state index in [4.69, 9.17) is 0 Å². The Morgan fingerprint density at radius 3 is 2.85 bits per heavy atom. The Bertz CT molecular complexity index is 569. The quantitative estimate of drug-likeness (QED) is 0.915. The van der Waals surface area contributed by atoms with Crippen molar-refractivity contribution in [2.24, 2.45) is 7.05 Å². The highest BCUT2D eigenvalue weighted by Gasteiger charge is 2.22. The summed E-state index contributed by atoms with van der Waals surface area (Å²) in [5.41, 5.74) is 2.03. The van der Waals surface area contributed by atoms with Gasteiger partial charge in [-0.3, -0.25) is 4.90 Å². The van der Waals surface area contributed by atoms with E-state index in [2.05, 4.69) is 39.3 Å². The number of likely N-dealkylation sites (N-methyl/N-ethyl adjacent to an activating group) is 2. The molecule has 0 bridgehead atoms. The summed E-state index contributed by atoms with van der Waals surface area (Å²) in [5, 5.41) is 8.88. The molecule has 0 aromatic carbocycles. The summed E-state index contributed by atoms with van der Waals surface area (Å²) in [5.74, 6) is 0. The average Bonchev–Trinajstić information content (AvgIpc) is 2.93. The second kappa shape index (κ2) is 5.31. The molecule has 1 aliphatic rings. The van der Waals surface area contributed by atoms with Gasteiger partial charge < -0.3 is 10.2 Å². The number of aryl methyl sites for hydroxylation is 2. The Balaban J connectivity index is 1.69. The molecule has 1 fully saturated rings. The zero-order chi connectivity index (χ0) is 14.3. The Morgan fingerprint density at radius 1 is 1.30 bits per heavy atom. The normalized spacial score (nSPS) is 21.7. The molecule has 3 heterocycles. The minimum Gasteiger partial charge on any atom is -0.360 e. The largest absolute Gasteiger partial charge is 0.360 e. The van der Waals surface area contributed by atoms with Crippen LogP contribution in [0.25, 0.3) is 10.3 Å². The van der Waals surface area contributed by atoms with Crippen LogP contribution in [0.1, 0.15) is 5.69 Å². The van der Waals surface area contributed by atoms with Gasteiger partial charge >= 0.3 is 0 Å². The van der Waals surface area contributed by atoms with E-state index in [-0.39, 0.29) is 0 Å². The first-order valence-corrected chi connectivity index (χ1v) is 7.79. The molecular formula is C13H22N6S. The minimum atomic E-state index is 0.542. The Labute approximate surface area is 123 Å². The van der Waals surface area contributed by atoms with Crippen molar-refractivity contribution in [3.05, 3.63) is 5.69 Å². The monoisotopic (exact) mass is 294 g/mol. The SMILES string of the molecule is Cc1nn(C)c2nc(NC[C@@H]3CN(C)CCN3C)sc12. The van der Waals surface area contributed by atoms with Crippen LogP contribution in [0.4, 0.5) is 5.13 Å². The molecule has 3 rings (SSSR count). The van der Waals surface area contributed by atoms with Gasteiger partial charge in [0.2, 0.25) is 0 Å². The second-order valence-corrected chi connectivity index (χ2v) is 6.66. The van der Waals surface area contributed by atoms with Gasteiger partial charge in [0, 0.05) is 39.3 Å². The van der Waals surface area contributed by atoms with Crippen LogP contribution in [0.2, 0.25) is 0 Å². The van der Waals surface area contributed by atoms with E-state index in [1.54, 1.807) is 11.3 Å². The third-order valence-electron chi connectivity index (χ3n) is 4.01. The Hall–Kier alpha value is -1.18. The van der Waals surface area contributed by atoms with Gasteiger partial charge in [-0.05, 0) is 21.0 Å². The summed E-state index contributed by atoms with van der Waals surface area (Å²) < 4.78 is 3.04. The van der Waals surface area contributed by atoms with E-state index in [9.17, 15) is 0 Å². The van der Waals surface area contributed by atoms with E-state index >= 15 is 0 Å². The van der Waals surface area contributed by atoms with Crippen LogP contribution in [0.3, 0.4) is 0 Å². The molecule has 110 valence electrons. The lowest BCUT2D eigenvalue weighted by Gasteiger charge is -2.37. The average molecular weight is 294 g/mol. The number of piperazine rings is 1. The lowest BCUT2D eigenvalue weighted by molar-refractivity contribution is 0.122. The van der Waals surface area contributed by atoms with Gasteiger partial charge in [0.05, 0.1) is 10.4 Å². The van der Waals surface area contributed by atoms with Gasteiger partial charge in [0.1, 0.15) is 0 Å². The Morgan fingerprint density at radius 2 is 2.10 bits per heavy atom. The van der Waals surface area contributed by atoms with Crippen molar-refractivity contribution in [2.45, 2.75) is 13.0 Å². The summed E-state index contributed by atoms with van der Waals surface area (Å²) >= 11 is 1.70. The van der Waals surface area contributed by atoms with Crippen LogP contribution < -0.4 is 5.32 Å². The predicted octanol–water partition coefficient (Wildman–Crippen LogP) is 0.996. The molecule has 0 saturated carbocycles. The fourth-order valence-electron chi connectivity index (χ4n) is 2.69. The number of hydrogen-bond acceptors (Lipinski definition) is 6. The number of aromatic nitrogens is 3. The number of nitrogens with one attached hydrogen (secondary N) is 1. The maximum atomic E-state index is 4.64. The molecule has 0 radical (unpaired) electrons. The van der Waals surface area contributed by atoms with Crippen LogP contribution in [-0.2, 0) is 7.05 Å². The smallest absolute Gasteiger partial charge is 0.185 e. The molecule has 2 aromatic heterocycles. The zero-order valence-electron chi connectivity index (χ0n) is 12.6. The van der Waals surface area contributed by atoms with E-state index < -0.39 is 0 Å². The van der Waals surface area contributed by atoms with Crippen LogP contribution in [0, 0.1) is 6.92 Å². The summed E-state index contributed by atoms with van der Waals surface area (Å²) in [4.78, 5) is 9.45. The minimum absolute atomic E-state index is 0.542. The lowest BCUT2D eigenvalue weighted by atomic mass is 10.2. The zero-order valence-corrected chi connectivity index (χ0v) is 13.4. The van der Waals surface area contributed by atoms with Crippen LogP contribution in [-0.4, -0.2) is 70.9 Å². The number of fused-ring (bicyclic) bond motifs is 1. The van der Waals surface area contributed by atoms with Gasteiger partial charge in [-0.25, -0.2) is 9.67 Å². The molecule has 2 aromatic rings. The first-order valence-electron chi connectivity index (χ1n) is 6.97. The maximum Gasteiger partial charge on any atom is 0.185 e. The fourth-order valence-corrected chi connectivity index (χ4v) is 3.63. The van der Waals surface area contributed by atoms with E-state index in [0.717, 1.165) is 42.7 Å². The van der Waals surface area contributed by atoms with Gasteiger partial charge in [-0.15, -0.1) is 0 Å². The standard InChI is InChI=1S/C13H22N6S/c1-9-11-12(19(4)16-9)15-13(20-11)14-7-10-8-17(2)5-6-18(10)3/h10H,5-8H2,1-4H3,(H,14,15)/t10-/m1/s1. The molecule has 0 unspecified atom stereocenters. The molecule has 7 heteroatoms. The van der Waals surface area contributed by atoms with Crippen LogP contribution >= 0.6 is 11.3 Å². The van der Waals surface area contributed by atoms with Gasteiger partial charge in [0.25, 0.3) is 0 Å². The van der Waals surface area contributed by atoms with Crippen molar-refractivity contribution in [1.82, 2.24) is 24.6 Å². The number of rotatable bonds is 3. The molecule has 0 aliphatic carbocycles. The molecule has 1 saturated heterocycles. The number of hydrogen-bond donors (Lipinski definition) is 1. The highest BCUT2D eigenvalue weighted by Crippen LogP contribution is 2.28. The third kappa shape index (κ3) is 2.53. The summed E-state index contributed by atoms with van der Waals surface area (Å²) in [7, 11) is 6.33. The van der Waals surface area contributed by atoms with Gasteiger partial charge in [0.15, 0.2) is 10.8 Å². The lowest BCUT2D eigenvalue weighted by Crippen LogP contribution is -2.52. The number of nitrogens with zero attached hydrogens (tertiary/aromatic N) is 5. The first-order chi connectivity index (χ1) is 9.54. The molecule has 20 heavy (non-hydrogen) atoms. The van der Waals surface area contributed by atoms with Crippen molar-refractivity contribution >= 4 is 26.8 Å². The molecule has 1 N–H and O–H groups in total. The van der Waals surface area contributed by atoms with Crippen molar-refractivity contribution in [2.75, 3.05) is 45.6 Å². The number of thiazole rings is 1. The topological polar surface area (TPSA) is 49.2 Å². The predicted molar refractivity (Wildman–Crippen MR) is 83.5 cm³/mol. The highest BCUT2D eigenvalue weighted by molar-refractivity contribution is 7.22. The fraction of sp³-hybridized carbons (Fsp3) is 0.692.